The molecule has 2 aromatic carbocycles. The number of ether oxygens (including phenoxy) is 1. The fourth-order valence-corrected chi connectivity index (χ4v) is 5.70. The van der Waals surface area contributed by atoms with Gasteiger partial charge in [-0.1, -0.05) is 54.6 Å². The molecule has 2 aliphatic rings. The van der Waals surface area contributed by atoms with Gasteiger partial charge in [0, 0.05) is 17.7 Å². The average molecular weight is 455 g/mol. The van der Waals surface area contributed by atoms with E-state index in [-0.39, 0.29) is 24.0 Å². The van der Waals surface area contributed by atoms with E-state index in [0.717, 1.165) is 47.2 Å². The molecule has 0 aliphatic heterocycles. The third kappa shape index (κ3) is 4.10. The zero-order chi connectivity index (χ0) is 22.9. The lowest BCUT2D eigenvalue weighted by Gasteiger charge is -2.17. The zero-order valence-corrected chi connectivity index (χ0v) is 19.2. The summed E-state index contributed by atoms with van der Waals surface area (Å²) in [5.41, 5.74) is 5.90. The van der Waals surface area contributed by atoms with Crippen molar-refractivity contribution in [3.05, 3.63) is 95.4 Å². The number of nitrogens with one attached hydrogen (secondary N) is 1. The average Bonchev–Trinajstić information content (AvgIpc) is 3.60. The molecular formula is C29H30N2O3. The Morgan fingerprint density at radius 2 is 1.85 bits per heavy atom. The molecule has 0 amide bonds. The number of anilines is 1. The van der Waals surface area contributed by atoms with E-state index in [0.29, 0.717) is 19.6 Å². The number of rotatable bonds is 7. The van der Waals surface area contributed by atoms with Gasteiger partial charge in [0.05, 0.1) is 37.0 Å². The molecular weight excluding hydrogens is 424 g/mol. The Kier molecular flexibility index (Phi) is 5.81. The smallest absolute Gasteiger partial charge is 0.142 e. The van der Waals surface area contributed by atoms with E-state index in [2.05, 4.69) is 41.7 Å². The summed E-state index contributed by atoms with van der Waals surface area (Å²) in [7, 11) is 0. The predicted molar refractivity (Wildman–Crippen MR) is 133 cm³/mol. The molecule has 34 heavy (non-hydrogen) atoms. The number of hydrogen-bond donors (Lipinski definition) is 2. The molecule has 6 rings (SSSR count). The van der Waals surface area contributed by atoms with Crippen molar-refractivity contribution >= 4 is 16.8 Å². The fraction of sp³-hybridized carbons (Fsp3) is 0.345. The van der Waals surface area contributed by atoms with Crippen LogP contribution in [0.1, 0.15) is 53.5 Å². The fourth-order valence-electron chi connectivity index (χ4n) is 5.70. The van der Waals surface area contributed by atoms with Crippen LogP contribution < -0.4 is 5.32 Å². The van der Waals surface area contributed by atoms with Gasteiger partial charge in [0.2, 0.25) is 0 Å². The number of aliphatic hydroxyl groups is 1. The lowest BCUT2D eigenvalue weighted by atomic mass is 9.96. The maximum absolute atomic E-state index is 10.7. The second-order valence-corrected chi connectivity index (χ2v) is 9.66. The van der Waals surface area contributed by atoms with Gasteiger partial charge in [-0.3, -0.25) is 0 Å². The molecule has 2 heterocycles. The van der Waals surface area contributed by atoms with Gasteiger partial charge in [0.25, 0.3) is 0 Å². The second-order valence-electron chi connectivity index (χ2n) is 9.66. The van der Waals surface area contributed by atoms with Crippen molar-refractivity contribution in [1.29, 1.82) is 0 Å². The van der Waals surface area contributed by atoms with Crippen molar-refractivity contribution in [2.24, 2.45) is 5.92 Å². The summed E-state index contributed by atoms with van der Waals surface area (Å²) in [6, 6.07) is 21.1. The van der Waals surface area contributed by atoms with Crippen LogP contribution in [-0.2, 0) is 17.8 Å². The Hall–Kier alpha value is -3.15. The summed E-state index contributed by atoms with van der Waals surface area (Å²) in [6.45, 7) is 1.13. The number of hydrogen-bond acceptors (Lipinski definition) is 5. The Bertz CT molecular complexity index is 1270. The first-order valence-corrected chi connectivity index (χ1v) is 12.3. The first-order valence-electron chi connectivity index (χ1n) is 12.3. The zero-order valence-electron chi connectivity index (χ0n) is 19.2. The molecule has 1 saturated carbocycles. The molecule has 0 spiro atoms. The van der Waals surface area contributed by atoms with Crippen LogP contribution in [-0.4, -0.2) is 22.8 Å². The number of aliphatic hydroxyl groups excluding tert-OH is 1. The van der Waals surface area contributed by atoms with Gasteiger partial charge in [-0.2, -0.15) is 0 Å². The van der Waals surface area contributed by atoms with Crippen LogP contribution in [0.15, 0.2) is 77.5 Å². The summed E-state index contributed by atoms with van der Waals surface area (Å²) in [5, 5.41) is 15.4. The lowest BCUT2D eigenvalue weighted by Crippen LogP contribution is -2.18. The van der Waals surface area contributed by atoms with Gasteiger partial charge in [-0.15, -0.1) is 0 Å². The summed E-state index contributed by atoms with van der Waals surface area (Å²) < 4.78 is 11.9. The number of aryl methyl sites for hydroxylation is 1. The highest BCUT2D eigenvalue weighted by Gasteiger charge is 2.36. The van der Waals surface area contributed by atoms with Crippen molar-refractivity contribution < 1.29 is 14.3 Å². The number of nitrogens with zero attached hydrogens (tertiary/aromatic N) is 1. The van der Waals surface area contributed by atoms with Crippen molar-refractivity contribution in [2.75, 3.05) is 11.9 Å². The SMILES string of the molecule is O[C@@H]1C[C@H](c2cnc(N[C@H]3CCc4ccccc43)c3ccoc23)C[C@H]1COCc1ccccc1. The number of pyridine rings is 1. The van der Waals surface area contributed by atoms with E-state index in [4.69, 9.17) is 14.1 Å². The summed E-state index contributed by atoms with van der Waals surface area (Å²) >= 11 is 0. The van der Waals surface area contributed by atoms with Gasteiger partial charge in [0.1, 0.15) is 11.4 Å². The topological polar surface area (TPSA) is 67.5 Å². The van der Waals surface area contributed by atoms with E-state index < -0.39 is 0 Å². The van der Waals surface area contributed by atoms with Gasteiger partial charge >= 0.3 is 0 Å². The monoisotopic (exact) mass is 454 g/mol. The molecule has 5 heteroatoms. The molecule has 5 nitrogen and oxygen atoms in total. The van der Waals surface area contributed by atoms with Crippen LogP contribution in [0.4, 0.5) is 5.82 Å². The normalized spacial score (nSPS) is 23.9. The number of benzene rings is 2. The molecule has 0 bridgehead atoms. The van der Waals surface area contributed by atoms with Crippen LogP contribution in [0, 0.1) is 5.92 Å². The van der Waals surface area contributed by atoms with Gasteiger partial charge in [-0.05, 0) is 54.4 Å². The van der Waals surface area contributed by atoms with E-state index in [1.807, 2.05) is 30.5 Å². The van der Waals surface area contributed by atoms with Crippen LogP contribution in [0.2, 0.25) is 0 Å². The standard InChI is InChI=1S/C29H30N2O3/c32-27-15-21(14-22(27)18-33-17-19-6-2-1-3-7-19)25-16-30-29(24-12-13-34-28(24)25)31-26-11-10-20-8-4-5-9-23(20)26/h1-9,12-13,16,21-22,26-27,32H,10-11,14-15,17-18H2,(H,30,31)/t21-,22+,26+,27-/m1/s1. The Balaban J connectivity index is 1.16. The highest BCUT2D eigenvalue weighted by molar-refractivity contribution is 5.90. The summed E-state index contributed by atoms with van der Waals surface area (Å²) in [4.78, 5) is 4.83. The molecule has 0 unspecified atom stereocenters. The largest absolute Gasteiger partial charge is 0.464 e. The Morgan fingerprint density at radius 1 is 1.00 bits per heavy atom. The first-order chi connectivity index (χ1) is 16.8. The maximum atomic E-state index is 10.7. The van der Waals surface area contributed by atoms with E-state index >= 15 is 0 Å². The molecule has 2 N–H and O–H groups in total. The van der Waals surface area contributed by atoms with Crippen molar-refractivity contribution in [3.8, 4) is 0 Å². The molecule has 174 valence electrons. The van der Waals surface area contributed by atoms with Crippen LogP contribution in [0.3, 0.4) is 0 Å². The Labute approximate surface area is 199 Å². The van der Waals surface area contributed by atoms with Gasteiger partial charge < -0.3 is 19.6 Å². The minimum atomic E-state index is -0.376. The Morgan fingerprint density at radius 3 is 2.76 bits per heavy atom. The second kappa shape index (κ2) is 9.24. The van der Waals surface area contributed by atoms with E-state index in [1.54, 1.807) is 6.26 Å². The molecule has 0 saturated heterocycles. The van der Waals surface area contributed by atoms with Crippen molar-refractivity contribution in [3.63, 3.8) is 0 Å². The van der Waals surface area contributed by atoms with Crippen molar-refractivity contribution in [2.45, 2.75) is 50.4 Å². The summed E-state index contributed by atoms with van der Waals surface area (Å²) in [6.07, 6.45) is 7.05. The minimum Gasteiger partial charge on any atom is -0.464 e. The third-order valence-electron chi connectivity index (χ3n) is 7.50. The van der Waals surface area contributed by atoms with Crippen LogP contribution in [0.25, 0.3) is 11.0 Å². The van der Waals surface area contributed by atoms with E-state index in [1.165, 1.54) is 11.1 Å². The molecule has 4 atom stereocenters. The number of aromatic nitrogens is 1. The highest BCUT2D eigenvalue weighted by atomic mass is 16.5. The highest BCUT2D eigenvalue weighted by Crippen LogP contribution is 2.43. The quantitative estimate of drug-likeness (QED) is 0.359. The first kappa shape index (κ1) is 21.4. The molecule has 2 aromatic heterocycles. The maximum Gasteiger partial charge on any atom is 0.142 e. The lowest BCUT2D eigenvalue weighted by molar-refractivity contribution is 0.0367. The predicted octanol–water partition coefficient (Wildman–Crippen LogP) is 6.00. The van der Waals surface area contributed by atoms with Gasteiger partial charge in [-0.25, -0.2) is 4.98 Å². The number of fused-ring (bicyclic) bond motifs is 2. The third-order valence-corrected chi connectivity index (χ3v) is 7.50. The minimum absolute atomic E-state index is 0.117. The molecule has 1 fully saturated rings. The number of furan rings is 1. The molecule has 0 radical (unpaired) electrons. The molecule has 2 aliphatic carbocycles. The van der Waals surface area contributed by atoms with Crippen LogP contribution >= 0.6 is 0 Å². The van der Waals surface area contributed by atoms with E-state index in [9.17, 15) is 5.11 Å². The van der Waals surface area contributed by atoms with Gasteiger partial charge in [0.15, 0.2) is 0 Å². The molecule has 4 aromatic rings. The van der Waals surface area contributed by atoms with Crippen LogP contribution in [0.5, 0.6) is 0 Å². The van der Waals surface area contributed by atoms with Crippen molar-refractivity contribution in [1.82, 2.24) is 4.98 Å². The summed E-state index contributed by atoms with van der Waals surface area (Å²) in [5.74, 6) is 1.20.